The molecule has 0 radical (unpaired) electrons. The molecule has 6 nitrogen and oxygen atoms in total. The minimum absolute atomic E-state index is 0.255. The SMILES string of the molecule is C=C/C=C(\N=CC)c1noc(-c2cc(C#N)ccc2OC)n1. The molecule has 2 rings (SSSR count). The van der Waals surface area contributed by atoms with E-state index in [1.165, 1.54) is 7.11 Å². The summed E-state index contributed by atoms with van der Waals surface area (Å²) in [5, 5.41) is 12.9. The second-order valence-corrected chi connectivity index (χ2v) is 4.12. The number of rotatable bonds is 5. The summed E-state index contributed by atoms with van der Waals surface area (Å²) in [6.07, 6.45) is 4.90. The van der Waals surface area contributed by atoms with Gasteiger partial charge in [0, 0.05) is 6.21 Å². The highest BCUT2D eigenvalue weighted by atomic mass is 16.5. The maximum absolute atomic E-state index is 9.01. The van der Waals surface area contributed by atoms with Gasteiger partial charge in [-0.15, -0.1) is 0 Å². The van der Waals surface area contributed by atoms with Gasteiger partial charge in [-0.25, -0.2) is 0 Å². The van der Waals surface area contributed by atoms with E-state index in [0.717, 1.165) is 0 Å². The first-order valence-corrected chi connectivity index (χ1v) is 6.47. The van der Waals surface area contributed by atoms with Crippen LogP contribution in [0.3, 0.4) is 0 Å². The van der Waals surface area contributed by atoms with Crippen molar-refractivity contribution in [2.24, 2.45) is 4.99 Å². The summed E-state index contributed by atoms with van der Waals surface area (Å²) in [5.74, 6) is 1.13. The number of ether oxygens (including phenoxy) is 1. The Bertz CT molecular complexity index is 782. The molecule has 0 atom stereocenters. The van der Waals surface area contributed by atoms with Crippen LogP contribution >= 0.6 is 0 Å². The molecule has 1 aromatic carbocycles. The minimum Gasteiger partial charge on any atom is -0.496 e. The third-order valence-electron chi connectivity index (χ3n) is 2.76. The molecule has 1 aromatic heterocycles. The summed E-state index contributed by atoms with van der Waals surface area (Å²) in [5.41, 5.74) is 1.56. The zero-order chi connectivity index (χ0) is 15.9. The Kier molecular flexibility index (Phi) is 4.83. The molecule has 0 aliphatic heterocycles. The fourth-order valence-corrected chi connectivity index (χ4v) is 1.81. The second kappa shape index (κ2) is 6.99. The normalized spacial score (nSPS) is 11.4. The number of methoxy groups -OCH3 is 1. The Morgan fingerprint density at radius 2 is 2.32 bits per heavy atom. The van der Waals surface area contributed by atoms with Crippen molar-refractivity contribution >= 4 is 11.9 Å². The van der Waals surface area contributed by atoms with Crippen molar-refractivity contribution in [1.82, 2.24) is 10.1 Å². The molecule has 22 heavy (non-hydrogen) atoms. The van der Waals surface area contributed by atoms with Gasteiger partial charge in [0.05, 0.1) is 24.3 Å². The van der Waals surface area contributed by atoms with E-state index < -0.39 is 0 Å². The zero-order valence-corrected chi connectivity index (χ0v) is 12.3. The predicted molar refractivity (Wildman–Crippen MR) is 83.3 cm³/mol. The van der Waals surface area contributed by atoms with Crippen LogP contribution in [0.2, 0.25) is 0 Å². The maximum atomic E-state index is 9.01. The van der Waals surface area contributed by atoms with Crippen LogP contribution in [0, 0.1) is 11.3 Å². The lowest BCUT2D eigenvalue weighted by Crippen LogP contribution is -1.90. The number of hydrogen-bond donors (Lipinski definition) is 0. The number of hydrogen-bond acceptors (Lipinski definition) is 6. The smallest absolute Gasteiger partial charge is 0.262 e. The van der Waals surface area contributed by atoms with Crippen LogP contribution in [-0.4, -0.2) is 23.5 Å². The summed E-state index contributed by atoms with van der Waals surface area (Å²) in [7, 11) is 1.53. The lowest BCUT2D eigenvalue weighted by molar-refractivity contribution is 0.404. The predicted octanol–water partition coefficient (Wildman–Crippen LogP) is 3.23. The molecule has 0 saturated carbocycles. The third kappa shape index (κ3) is 3.10. The van der Waals surface area contributed by atoms with E-state index in [4.69, 9.17) is 14.5 Å². The molecule has 110 valence electrons. The molecule has 0 unspecified atom stereocenters. The van der Waals surface area contributed by atoms with Gasteiger partial charge in [0.1, 0.15) is 11.4 Å². The number of benzene rings is 1. The van der Waals surface area contributed by atoms with E-state index in [1.807, 2.05) is 0 Å². The van der Waals surface area contributed by atoms with E-state index in [9.17, 15) is 0 Å². The van der Waals surface area contributed by atoms with E-state index in [-0.39, 0.29) is 5.89 Å². The standard InChI is InChI=1S/C16H14N4O2/c1-4-6-13(18-5-2)15-19-16(22-20-15)12-9-11(10-17)7-8-14(12)21-3/h4-9H,1H2,2-3H3/b13-6-,18-5?. The molecule has 0 aliphatic rings. The number of nitriles is 1. The molecule has 0 spiro atoms. The molecule has 0 saturated heterocycles. The van der Waals surface area contributed by atoms with Crippen molar-refractivity contribution in [3.05, 3.63) is 48.3 Å². The minimum atomic E-state index is 0.255. The number of aromatic nitrogens is 2. The van der Waals surface area contributed by atoms with Crippen molar-refractivity contribution < 1.29 is 9.26 Å². The molecular formula is C16H14N4O2. The average Bonchev–Trinajstić information content (AvgIpc) is 3.03. The first-order chi connectivity index (χ1) is 10.7. The van der Waals surface area contributed by atoms with Gasteiger partial charge in [-0.2, -0.15) is 10.2 Å². The molecule has 0 amide bonds. The number of aliphatic imine (C=N–C) groups is 1. The van der Waals surface area contributed by atoms with Crippen molar-refractivity contribution in [3.63, 3.8) is 0 Å². The van der Waals surface area contributed by atoms with Gasteiger partial charge < -0.3 is 9.26 Å². The largest absolute Gasteiger partial charge is 0.496 e. The van der Waals surface area contributed by atoms with E-state index >= 15 is 0 Å². The molecule has 0 bridgehead atoms. The maximum Gasteiger partial charge on any atom is 0.262 e. The number of allylic oxidation sites excluding steroid dienone is 2. The second-order valence-electron chi connectivity index (χ2n) is 4.12. The lowest BCUT2D eigenvalue weighted by atomic mass is 10.1. The van der Waals surface area contributed by atoms with Gasteiger partial charge in [-0.05, 0) is 31.2 Å². The van der Waals surface area contributed by atoms with Crippen LogP contribution in [0.4, 0.5) is 0 Å². The zero-order valence-electron chi connectivity index (χ0n) is 12.3. The van der Waals surface area contributed by atoms with Gasteiger partial charge in [-0.3, -0.25) is 4.99 Å². The van der Waals surface area contributed by atoms with Gasteiger partial charge in [0.2, 0.25) is 5.82 Å². The molecule has 0 aliphatic carbocycles. The highest BCUT2D eigenvalue weighted by molar-refractivity contribution is 5.72. The Morgan fingerprint density at radius 1 is 1.50 bits per heavy atom. The number of nitrogens with zero attached hydrogens (tertiary/aromatic N) is 4. The molecule has 0 N–H and O–H groups in total. The third-order valence-corrected chi connectivity index (χ3v) is 2.76. The summed E-state index contributed by atoms with van der Waals surface area (Å²) in [6.45, 7) is 5.42. The molecular weight excluding hydrogens is 280 g/mol. The molecule has 2 aromatic rings. The van der Waals surface area contributed by atoms with Gasteiger partial charge >= 0.3 is 0 Å². The van der Waals surface area contributed by atoms with Crippen LogP contribution in [0.1, 0.15) is 18.3 Å². The summed E-state index contributed by atoms with van der Waals surface area (Å²) in [4.78, 5) is 8.47. The van der Waals surface area contributed by atoms with Crippen molar-refractivity contribution in [2.75, 3.05) is 7.11 Å². The van der Waals surface area contributed by atoms with Crippen LogP contribution in [0.15, 0.2) is 46.4 Å². The van der Waals surface area contributed by atoms with E-state index in [1.54, 1.807) is 43.5 Å². The van der Waals surface area contributed by atoms with Crippen LogP contribution in [0.25, 0.3) is 17.2 Å². The van der Waals surface area contributed by atoms with Gasteiger partial charge in [0.25, 0.3) is 5.89 Å². The summed E-state index contributed by atoms with van der Waals surface area (Å²) in [6, 6.07) is 7.04. The van der Waals surface area contributed by atoms with Gasteiger partial charge in [0.15, 0.2) is 0 Å². The Balaban J connectivity index is 2.50. The topological polar surface area (TPSA) is 84.3 Å². The quantitative estimate of drug-likeness (QED) is 0.624. The average molecular weight is 294 g/mol. The Hall–Kier alpha value is -3.20. The van der Waals surface area contributed by atoms with Gasteiger partial charge in [-0.1, -0.05) is 17.8 Å². The van der Waals surface area contributed by atoms with E-state index in [2.05, 4.69) is 27.8 Å². The fraction of sp³-hybridized carbons (Fsp3) is 0.125. The van der Waals surface area contributed by atoms with Crippen LogP contribution < -0.4 is 4.74 Å². The Labute approximate surface area is 128 Å². The lowest BCUT2D eigenvalue weighted by Gasteiger charge is -2.04. The monoisotopic (exact) mass is 294 g/mol. The molecule has 6 heteroatoms. The highest BCUT2D eigenvalue weighted by Crippen LogP contribution is 2.30. The van der Waals surface area contributed by atoms with Crippen LogP contribution in [0.5, 0.6) is 5.75 Å². The van der Waals surface area contributed by atoms with Crippen molar-refractivity contribution in [1.29, 1.82) is 5.26 Å². The van der Waals surface area contributed by atoms with Crippen molar-refractivity contribution in [3.8, 4) is 23.3 Å². The molecule has 1 heterocycles. The first-order valence-electron chi connectivity index (χ1n) is 6.47. The van der Waals surface area contributed by atoms with E-state index in [0.29, 0.717) is 28.4 Å². The Morgan fingerprint density at radius 3 is 2.95 bits per heavy atom. The van der Waals surface area contributed by atoms with Crippen LogP contribution in [-0.2, 0) is 0 Å². The highest BCUT2D eigenvalue weighted by Gasteiger charge is 2.16. The first kappa shape index (κ1) is 15.2. The summed E-state index contributed by atoms with van der Waals surface area (Å²) >= 11 is 0. The molecule has 0 fully saturated rings. The summed E-state index contributed by atoms with van der Waals surface area (Å²) < 4.78 is 10.5. The van der Waals surface area contributed by atoms with Crippen molar-refractivity contribution in [2.45, 2.75) is 6.92 Å². The fourth-order valence-electron chi connectivity index (χ4n) is 1.81.